The number of ether oxygens (including phenoxy) is 4. The summed E-state index contributed by atoms with van der Waals surface area (Å²) in [7, 11) is 0. The Labute approximate surface area is 605 Å². The van der Waals surface area contributed by atoms with Gasteiger partial charge in [0.1, 0.15) is 43.7 Å². The smallest absolute Gasteiger partial charge is 0.330 e. The number of rotatable bonds is 16. The minimum atomic E-state index is -0.459. The fourth-order valence-electron chi connectivity index (χ4n) is 6.54. The molecule has 0 atom stereocenters. The van der Waals surface area contributed by atoms with E-state index in [0.29, 0.717) is 30.0 Å². The van der Waals surface area contributed by atoms with Crippen molar-refractivity contribution in [3.63, 3.8) is 0 Å². The molecule has 442 valence electrons. The second kappa shape index (κ2) is 39.5. The quantitative estimate of drug-likeness (QED) is 0.0238. The zero-order chi connectivity index (χ0) is 62.9. The van der Waals surface area contributed by atoms with Crippen molar-refractivity contribution in [3.05, 3.63) is 239 Å². The van der Waals surface area contributed by atoms with Crippen molar-refractivity contribution in [2.45, 2.75) is 46.6 Å². The molecular weight excluding hydrogens is 1980 g/mol. The second-order valence-corrected chi connectivity index (χ2v) is 28.3. The molecule has 0 bridgehead atoms. The summed E-state index contributed by atoms with van der Waals surface area (Å²) in [6, 6.07) is 25.9. The van der Waals surface area contributed by atoms with Crippen LogP contribution in [0.2, 0.25) is 0 Å². The third kappa shape index (κ3) is 23.8. The molecule has 1 heterocycles. The van der Waals surface area contributed by atoms with Crippen molar-refractivity contribution < 1.29 is 33.3 Å². The van der Waals surface area contributed by atoms with Gasteiger partial charge >= 0.3 is 5.97 Å². The van der Waals surface area contributed by atoms with E-state index in [2.05, 4.69) is 294 Å². The Morgan fingerprint density at radius 2 is 0.867 bits per heavy atom. The van der Waals surface area contributed by atoms with Crippen LogP contribution in [0.15, 0.2) is 211 Å². The maximum atomic E-state index is 11.6. The summed E-state index contributed by atoms with van der Waals surface area (Å²) in [6.45, 7) is 29.7. The molecule has 8 nitrogen and oxygen atoms in total. The summed E-state index contributed by atoms with van der Waals surface area (Å²) < 4.78 is 34.1. The summed E-state index contributed by atoms with van der Waals surface area (Å²) in [5.41, 5.74) is 5.49. The number of imide groups is 1. The molecule has 0 aliphatic carbocycles. The normalized spacial score (nSPS) is 11.0. The van der Waals surface area contributed by atoms with Gasteiger partial charge in [0, 0.05) is 65.0 Å². The Kier molecular flexibility index (Phi) is 36.9. The fourth-order valence-corrected chi connectivity index (χ4v) is 16.8. The second-order valence-electron chi connectivity index (χ2n) is 16.5. The average Bonchev–Trinajstić information content (AvgIpc) is 3.76. The highest BCUT2D eigenvalue weighted by Gasteiger charge is 2.29. The van der Waals surface area contributed by atoms with Crippen molar-refractivity contribution >= 4 is 253 Å². The molecule has 0 radical (unpaired) electrons. The molecule has 2 amide bonds. The molecule has 0 saturated heterocycles. The van der Waals surface area contributed by atoms with Gasteiger partial charge in [-0.2, -0.15) is 0 Å². The van der Waals surface area contributed by atoms with Gasteiger partial charge in [0.2, 0.25) is 0 Å². The highest BCUT2D eigenvalue weighted by molar-refractivity contribution is 9.16. The summed E-state index contributed by atoms with van der Waals surface area (Å²) in [6.07, 6.45) is 10.7. The Morgan fingerprint density at radius 1 is 0.518 bits per heavy atom. The number of carbonyl (C=O) groups excluding carboxylic acids is 3. The van der Waals surface area contributed by atoms with Crippen LogP contribution in [0, 0.1) is 6.92 Å². The van der Waals surface area contributed by atoms with Crippen molar-refractivity contribution in [1.82, 2.24) is 0 Å². The first-order valence-corrected chi connectivity index (χ1v) is 35.1. The largest absolute Gasteiger partial charge is 0.487 e. The average molecular weight is 2030 g/mol. The van der Waals surface area contributed by atoms with Gasteiger partial charge in [-0.05, 0) is 269 Å². The highest BCUT2D eigenvalue weighted by Crippen LogP contribution is 2.46. The number of esters is 1. The summed E-state index contributed by atoms with van der Waals surface area (Å²) in [5, 5.41) is 0. The van der Waals surface area contributed by atoms with Crippen LogP contribution in [0.25, 0.3) is 6.08 Å². The van der Waals surface area contributed by atoms with Crippen LogP contribution in [0.3, 0.4) is 0 Å². The third-order valence-electron chi connectivity index (χ3n) is 10.6. The Balaban J connectivity index is 0.000000368. The Hall–Kier alpha value is -1.51. The van der Waals surface area contributed by atoms with Gasteiger partial charge in [-0.15, -0.1) is 0 Å². The first-order chi connectivity index (χ1) is 39.2. The molecule has 1 aliphatic heterocycles. The van der Waals surface area contributed by atoms with Crippen molar-refractivity contribution in [3.8, 4) is 17.2 Å². The molecule has 7 rings (SSSR count). The van der Waals surface area contributed by atoms with Crippen LogP contribution in [-0.4, -0.2) is 37.6 Å². The first kappa shape index (κ1) is 77.6. The number of amides is 2. The van der Waals surface area contributed by atoms with Crippen LogP contribution >= 0.6 is 223 Å². The van der Waals surface area contributed by atoms with E-state index in [0.717, 1.165) is 109 Å². The van der Waals surface area contributed by atoms with E-state index in [1.54, 1.807) is 24.3 Å². The molecule has 0 aromatic heterocycles. The highest BCUT2D eigenvalue weighted by atomic mass is 79.9. The van der Waals surface area contributed by atoms with E-state index in [1.165, 1.54) is 17.7 Å². The molecule has 1 aliphatic rings. The molecule has 6 aromatic carbocycles. The van der Waals surface area contributed by atoms with E-state index in [9.17, 15) is 14.4 Å². The maximum Gasteiger partial charge on any atom is 0.330 e. The topological polar surface area (TPSA) is 91.4 Å². The summed E-state index contributed by atoms with van der Waals surface area (Å²) in [4.78, 5) is 35.3. The number of carbonyl (C=O) groups is 3. The van der Waals surface area contributed by atoms with E-state index < -0.39 is 5.97 Å². The summed E-state index contributed by atoms with van der Waals surface area (Å²) >= 11 is 48.6. The molecule has 22 heteroatoms. The van der Waals surface area contributed by atoms with Crippen molar-refractivity contribution in [2.24, 2.45) is 0 Å². The van der Waals surface area contributed by atoms with Gasteiger partial charge in [-0.3, -0.25) is 9.59 Å². The van der Waals surface area contributed by atoms with Gasteiger partial charge < -0.3 is 18.9 Å². The number of nitrogens with zero attached hydrogens (tertiary/aromatic N) is 1. The predicted molar refractivity (Wildman–Crippen MR) is 393 cm³/mol. The zero-order valence-electron chi connectivity index (χ0n) is 45.0. The van der Waals surface area contributed by atoms with E-state index in [-0.39, 0.29) is 23.8 Å². The molecular formula is C61H53Br14NO7. The lowest BCUT2D eigenvalue weighted by Crippen LogP contribution is -2.30. The predicted octanol–water partition coefficient (Wildman–Crippen LogP) is 24.8. The lowest BCUT2D eigenvalue weighted by molar-refractivity contribution is -0.139. The van der Waals surface area contributed by atoms with Crippen LogP contribution in [-0.2, 0) is 31.1 Å². The number of benzene rings is 6. The van der Waals surface area contributed by atoms with Gasteiger partial charge in [-0.25, -0.2) is 9.69 Å². The summed E-state index contributed by atoms with van der Waals surface area (Å²) in [5.74, 6) is 1.25. The molecule has 0 spiro atoms. The zero-order valence-corrected chi connectivity index (χ0v) is 67.2. The lowest BCUT2D eigenvalue weighted by atomic mass is 9.78. The van der Waals surface area contributed by atoms with E-state index in [4.69, 9.17) is 18.9 Å². The molecule has 0 fully saturated rings. The standard InChI is InChI=1S/C21H20Br4O2.C11H7Br2NO2.C10H5Br5O2.C9H7Br3O.C8H8.C2H6/c1-5-7-26-19-15(22)9-13(10-16(19)23)21(3,4)14-11-17(24)20(18(25)12-14)27-8-6-2;1-6-4-7(12)5-8(13)11(6)14-9(15)2-3-10(14)16;1-2-5(16)17-3-4-6(11)8(13)10(15)9(14)7(4)12;1-2-3-13-9-7(11)4-6(10)5-8(9)12;1-2-8-6-4-3-5-7-8;1-2/h5-6,9-12H,1-2,7-8H2,3-4H3;2-5H,1H3;2H,1,3H2;2,4-5H,1,3H2;2-7H,1H2;1-2H3. The number of halogens is 14. The van der Waals surface area contributed by atoms with Gasteiger partial charge in [0.05, 0.1) is 32.5 Å². The van der Waals surface area contributed by atoms with E-state index in [1.807, 2.05) is 75.4 Å². The fraction of sp³-hybridized carbons (Fsp3) is 0.164. The number of anilines is 1. The van der Waals surface area contributed by atoms with Crippen molar-refractivity contribution in [2.75, 3.05) is 24.7 Å². The van der Waals surface area contributed by atoms with Crippen molar-refractivity contribution in [1.29, 1.82) is 0 Å². The SMILES string of the molecule is C=CC(=O)OCc1c(Br)c(Br)c(Br)c(Br)c1Br.C=CCOc1c(Br)cc(Br)cc1Br.C=CCOc1c(Br)cc(C(C)(C)c2cc(Br)c(OCC=C)c(Br)c2)cc1Br.C=Cc1ccccc1.CC.Cc1cc(Br)cc(Br)c1N1C(=O)C=CC1=O. The molecule has 0 saturated carbocycles. The van der Waals surface area contributed by atoms with Crippen LogP contribution in [0.4, 0.5) is 5.69 Å². The Morgan fingerprint density at radius 3 is 1.20 bits per heavy atom. The van der Waals surface area contributed by atoms with Gasteiger partial charge in [0.15, 0.2) is 0 Å². The monoisotopic (exact) mass is 2020 g/mol. The molecule has 6 aromatic rings. The van der Waals surface area contributed by atoms with Gasteiger partial charge in [0.25, 0.3) is 11.8 Å². The molecule has 0 N–H and O–H groups in total. The minimum Gasteiger partial charge on any atom is -0.487 e. The van der Waals surface area contributed by atoms with Crippen LogP contribution in [0.1, 0.15) is 55.5 Å². The number of hydrogen-bond acceptors (Lipinski definition) is 7. The number of aryl methyl sites for hydroxylation is 1. The van der Waals surface area contributed by atoms with Crippen LogP contribution in [0.5, 0.6) is 17.2 Å². The van der Waals surface area contributed by atoms with E-state index >= 15 is 0 Å². The van der Waals surface area contributed by atoms with Crippen LogP contribution < -0.4 is 19.1 Å². The molecule has 83 heavy (non-hydrogen) atoms. The third-order valence-corrected chi connectivity index (χ3v) is 21.9. The lowest BCUT2D eigenvalue weighted by Gasteiger charge is -2.28. The maximum absolute atomic E-state index is 11.6. The first-order valence-electron chi connectivity index (χ1n) is 24.0. The minimum absolute atomic E-state index is 0.149. The van der Waals surface area contributed by atoms with Gasteiger partial charge in [-0.1, -0.05) is 147 Å². The Bertz CT molecular complexity index is 3120. The number of hydrogen-bond donors (Lipinski definition) is 0. The molecule has 0 unspecified atom stereocenters.